The van der Waals surface area contributed by atoms with Crippen LogP contribution in [0.25, 0.3) is 0 Å². The molecule has 1 unspecified atom stereocenters. The van der Waals surface area contributed by atoms with Crippen molar-refractivity contribution in [3.63, 3.8) is 0 Å². The van der Waals surface area contributed by atoms with E-state index in [1.54, 1.807) is 6.92 Å². The van der Waals surface area contributed by atoms with Gasteiger partial charge in [0.15, 0.2) is 6.61 Å². The van der Waals surface area contributed by atoms with Crippen LogP contribution in [-0.2, 0) is 19.2 Å². The molecule has 18 heavy (non-hydrogen) atoms. The van der Waals surface area contributed by atoms with Crippen molar-refractivity contribution in [2.24, 2.45) is 11.3 Å². The van der Waals surface area contributed by atoms with E-state index in [0.717, 1.165) is 0 Å². The lowest BCUT2D eigenvalue weighted by Gasteiger charge is -2.44. The van der Waals surface area contributed by atoms with Gasteiger partial charge in [-0.25, -0.2) is 9.68 Å². The predicted octanol–water partition coefficient (Wildman–Crippen LogP) is 3.28. The van der Waals surface area contributed by atoms with E-state index >= 15 is 0 Å². The van der Waals surface area contributed by atoms with Crippen molar-refractivity contribution >= 4 is 6.16 Å². The molecular weight excluding hydrogens is 236 g/mol. The SMILES string of the molecule is CC(C)C(C)(C)C(C)(C)OC(=O)OC1(C)COO1. The quantitative estimate of drug-likeness (QED) is 0.573. The molecule has 0 aromatic heterocycles. The maximum absolute atomic E-state index is 11.8. The molecule has 5 nitrogen and oxygen atoms in total. The highest BCUT2D eigenvalue weighted by atomic mass is 17.3. The van der Waals surface area contributed by atoms with Crippen molar-refractivity contribution in [1.82, 2.24) is 0 Å². The summed E-state index contributed by atoms with van der Waals surface area (Å²) in [4.78, 5) is 21.0. The number of carbonyl (C=O) groups is 1. The van der Waals surface area contributed by atoms with Crippen LogP contribution < -0.4 is 0 Å². The van der Waals surface area contributed by atoms with Crippen LogP contribution in [0.4, 0.5) is 4.79 Å². The van der Waals surface area contributed by atoms with Crippen LogP contribution in [0.2, 0.25) is 0 Å². The third-order valence-electron chi connectivity index (χ3n) is 4.19. The molecule has 0 bridgehead atoms. The van der Waals surface area contributed by atoms with E-state index in [0.29, 0.717) is 5.92 Å². The highest BCUT2D eigenvalue weighted by molar-refractivity contribution is 5.61. The monoisotopic (exact) mass is 260 g/mol. The lowest BCUT2D eigenvalue weighted by molar-refractivity contribution is -0.522. The second-order valence-electron chi connectivity index (χ2n) is 6.32. The van der Waals surface area contributed by atoms with Crippen molar-refractivity contribution in [3.05, 3.63) is 0 Å². The highest BCUT2D eigenvalue weighted by Crippen LogP contribution is 2.40. The van der Waals surface area contributed by atoms with Crippen LogP contribution in [0, 0.1) is 11.3 Å². The van der Waals surface area contributed by atoms with Crippen LogP contribution in [0.3, 0.4) is 0 Å². The number of ether oxygens (including phenoxy) is 2. The second kappa shape index (κ2) is 4.70. The zero-order valence-corrected chi connectivity index (χ0v) is 12.3. The van der Waals surface area contributed by atoms with Gasteiger partial charge in [-0.1, -0.05) is 27.7 Å². The molecule has 0 aromatic rings. The van der Waals surface area contributed by atoms with Gasteiger partial charge >= 0.3 is 6.16 Å². The Bertz CT molecular complexity index is 315. The van der Waals surface area contributed by atoms with Crippen LogP contribution in [0.15, 0.2) is 0 Å². The van der Waals surface area contributed by atoms with Gasteiger partial charge in [-0.15, -0.1) is 0 Å². The summed E-state index contributed by atoms with van der Waals surface area (Å²) in [6.07, 6.45) is -0.737. The fraction of sp³-hybridized carbons (Fsp3) is 0.923. The lowest BCUT2D eigenvalue weighted by atomic mass is 9.69. The average Bonchev–Trinajstić information content (AvgIpc) is 2.13. The average molecular weight is 260 g/mol. The summed E-state index contributed by atoms with van der Waals surface area (Å²) in [5, 5.41) is 0. The van der Waals surface area contributed by atoms with Crippen molar-refractivity contribution in [2.45, 2.75) is 59.9 Å². The zero-order chi connectivity index (χ0) is 14.2. The van der Waals surface area contributed by atoms with E-state index in [9.17, 15) is 4.79 Å². The Morgan fingerprint density at radius 2 is 1.78 bits per heavy atom. The van der Waals surface area contributed by atoms with Crippen molar-refractivity contribution in [3.8, 4) is 0 Å². The molecule has 1 atom stereocenters. The molecule has 1 fully saturated rings. The van der Waals surface area contributed by atoms with Crippen LogP contribution in [0.5, 0.6) is 0 Å². The smallest absolute Gasteiger partial charge is 0.428 e. The van der Waals surface area contributed by atoms with Gasteiger partial charge in [0.05, 0.1) is 0 Å². The first-order chi connectivity index (χ1) is 8.00. The molecule has 0 spiro atoms. The molecule has 0 radical (unpaired) electrons. The number of rotatable bonds is 4. The minimum absolute atomic E-state index is 0.177. The van der Waals surface area contributed by atoms with E-state index < -0.39 is 17.5 Å². The van der Waals surface area contributed by atoms with E-state index in [4.69, 9.17) is 14.4 Å². The fourth-order valence-electron chi connectivity index (χ4n) is 1.50. The van der Waals surface area contributed by atoms with E-state index in [-0.39, 0.29) is 12.0 Å². The van der Waals surface area contributed by atoms with E-state index in [1.165, 1.54) is 0 Å². The minimum Gasteiger partial charge on any atom is -0.428 e. The predicted molar refractivity (Wildman–Crippen MR) is 65.7 cm³/mol. The molecule has 1 saturated heterocycles. The number of hydrogen-bond donors (Lipinski definition) is 0. The third kappa shape index (κ3) is 2.95. The summed E-state index contributed by atoms with van der Waals surface area (Å²) in [6.45, 7) is 13.9. The standard InChI is InChI=1S/C13H24O5/c1-9(2)11(3,4)12(5,6)16-10(14)17-13(7)8-15-18-13/h9H,8H2,1-7H3. The summed E-state index contributed by atoms with van der Waals surface area (Å²) >= 11 is 0. The number of hydrogen-bond acceptors (Lipinski definition) is 5. The van der Waals surface area contributed by atoms with E-state index in [2.05, 4.69) is 32.6 Å². The Hall–Kier alpha value is -0.810. The molecule has 5 heteroatoms. The summed E-state index contributed by atoms with van der Waals surface area (Å²) in [5.41, 5.74) is -0.816. The number of carbonyl (C=O) groups excluding carboxylic acids is 1. The molecule has 1 aliphatic rings. The topological polar surface area (TPSA) is 54.0 Å². The van der Waals surface area contributed by atoms with Crippen LogP contribution in [-0.4, -0.2) is 24.2 Å². The van der Waals surface area contributed by atoms with E-state index in [1.807, 2.05) is 13.8 Å². The van der Waals surface area contributed by atoms with Gasteiger partial charge in [0.2, 0.25) is 0 Å². The Morgan fingerprint density at radius 1 is 1.28 bits per heavy atom. The van der Waals surface area contributed by atoms with Crippen LogP contribution in [0.1, 0.15) is 48.5 Å². The van der Waals surface area contributed by atoms with Gasteiger partial charge in [-0.2, -0.15) is 4.89 Å². The maximum atomic E-state index is 11.8. The molecule has 0 saturated carbocycles. The van der Waals surface area contributed by atoms with Gasteiger partial charge in [-0.05, 0) is 19.8 Å². The summed E-state index contributed by atoms with van der Waals surface area (Å²) < 4.78 is 10.5. The third-order valence-corrected chi connectivity index (χ3v) is 4.19. The van der Waals surface area contributed by atoms with Gasteiger partial charge in [0, 0.05) is 12.3 Å². The Labute approximate surface area is 109 Å². The molecule has 0 amide bonds. The van der Waals surface area contributed by atoms with Gasteiger partial charge in [-0.3, -0.25) is 0 Å². The summed E-state index contributed by atoms with van der Waals surface area (Å²) in [6, 6.07) is 0. The maximum Gasteiger partial charge on any atom is 0.511 e. The molecule has 106 valence electrons. The fourth-order valence-corrected chi connectivity index (χ4v) is 1.50. The molecule has 1 rings (SSSR count). The second-order valence-corrected chi connectivity index (χ2v) is 6.32. The molecule has 0 aliphatic carbocycles. The van der Waals surface area contributed by atoms with Gasteiger partial charge < -0.3 is 9.47 Å². The van der Waals surface area contributed by atoms with Crippen LogP contribution >= 0.6 is 0 Å². The summed E-state index contributed by atoms with van der Waals surface area (Å²) in [7, 11) is 0. The normalized spacial score (nSPS) is 24.7. The zero-order valence-electron chi connectivity index (χ0n) is 12.3. The largest absolute Gasteiger partial charge is 0.511 e. The Balaban J connectivity index is 2.62. The first kappa shape index (κ1) is 15.2. The van der Waals surface area contributed by atoms with Crippen molar-refractivity contribution in [1.29, 1.82) is 0 Å². The summed E-state index contributed by atoms with van der Waals surface area (Å²) in [5.74, 6) is -0.658. The van der Waals surface area contributed by atoms with Crippen molar-refractivity contribution in [2.75, 3.05) is 6.61 Å². The van der Waals surface area contributed by atoms with Crippen molar-refractivity contribution < 1.29 is 24.0 Å². The molecule has 0 N–H and O–H groups in total. The lowest BCUT2D eigenvalue weighted by Crippen LogP contribution is -2.51. The molecule has 1 heterocycles. The Morgan fingerprint density at radius 3 is 2.11 bits per heavy atom. The molecular formula is C13H24O5. The van der Waals surface area contributed by atoms with Gasteiger partial charge in [0.1, 0.15) is 5.60 Å². The molecule has 0 aromatic carbocycles. The molecule has 1 aliphatic heterocycles. The first-order valence-electron chi connectivity index (χ1n) is 6.23. The van der Waals surface area contributed by atoms with Gasteiger partial charge in [0.25, 0.3) is 5.79 Å². The Kier molecular flexibility index (Phi) is 3.98. The first-order valence-corrected chi connectivity index (χ1v) is 6.23. The minimum atomic E-state index is -1.02. The highest BCUT2D eigenvalue weighted by Gasteiger charge is 2.46.